The highest BCUT2D eigenvalue weighted by atomic mass is 16.5. The maximum atomic E-state index is 12.1. The first kappa shape index (κ1) is 13.8. The van der Waals surface area contributed by atoms with E-state index in [4.69, 9.17) is 4.74 Å². The molecule has 4 atom stereocenters. The van der Waals surface area contributed by atoms with Gasteiger partial charge in [0.1, 0.15) is 0 Å². The van der Waals surface area contributed by atoms with Crippen LogP contribution in [0.5, 0.6) is 0 Å². The Morgan fingerprint density at radius 2 is 2.11 bits per heavy atom. The van der Waals surface area contributed by atoms with Gasteiger partial charge in [-0.05, 0) is 44.6 Å². The standard InChI is InChI=1S/C14H26N2O2/c1-10-9-11(6-7-13(10)18-2)16-14(17)12-5-3-4-8-15-12/h10-13,15H,3-9H2,1-2H3,(H,16,17)/t10-,11+,12+,13-/m1/s1. The lowest BCUT2D eigenvalue weighted by Crippen LogP contribution is -2.51. The zero-order valence-corrected chi connectivity index (χ0v) is 11.6. The third kappa shape index (κ3) is 3.45. The summed E-state index contributed by atoms with van der Waals surface area (Å²) in [5.74, 6) is 0.733. The fraction of sp³-hybridized carbons (Fsp3) is 0.929. The van der Waals surface area contributed by atoms with Crippen molar-refractivity contribution >= 4 is 5.91 Å². The summed E-state index contributed by atoms with van der Waals surface area (Å²) in [6.45, 7) is 3.19. The van der Waals surface area contributed by atoms with Crippen molar-refractivity contribution < 1.29 is 9.53 Å². The monoisotopic (exact) mass is 254 g/mol. The van der Waals surface area contributed by atoms with E-state index in [9.17, 15) is 4.79 Å². The highest BCUT2D eigenvalue weighted by molar-refractivity contribution is 5.82. The summed E-state index contributed by atoms with van der Waals surface area (Å²) in [5.41, 5.74) is 0. The Morgan fingerprint density at radius 1 is 1.28 bits per heavy atom. The molecule has 2 N–H and O–H groups in total. The number of ether oxygens (including phenoxy) is 1. The summed E-state index contributed by atoms with van der Waals surface area (Å²) in [7, 11) is 1.78. The van der Waals surface area contributed by atoms with Crippen molar-refractivity contribution in [1.82, 2.24) is 10.6 Å². The van der Waals surface area contributed by atoms with Gasteiger partial charge in [-0.2, -0.15) is 0 Å². The molecule has 0 radical (unpaired) electrons. The highest BCUT2D eigenvalue weighted by Gasteiger charge is 2.30. The van der Waals surface area contributed by atoms with Gasteiger partial charge >= 0.3 is 0 Å². The molecule has 1 aliphatic heterocycles. The third-order valence-electron chi connectivity index (χ3n) is 4.37. The second-order valence-corrected chi connectivity index (χ2v) is 5.77. The summed E-state index contributed by atoms with van der Waals surface area (Å²) in [4.78, 5) is 12.1. The summed E-state index contributed by atoms with van der Waals surface area (Å²) in [6, 6.07) is 0.372. The van der Waals surface area contributed by atoms with Crippen LogP contribution in [0.2, 0.25) is 0 Å². The Balaban J connectivity index is 1.77. The van der Waals surface area contributed by atoms with E-state index in [2.05, 4.69) is 17.6 Å². The first-order chi connectivity index (χ1) is 8.70. The molecule has 1 saturated carbocycles. The number of carbonyl (C=O) groups is 1. The zero-order chi connectivity index (χ0) is 13.0. The number of methoxy groups -OCH3 is 1. The summed E-state index contributed by atoms with van der Waals surface area (Å²) < 4.78 is 5.45. The Hall–Kier alpha value is -0.610. The van der Waals surface area contributed by atoms with Gasteiger partial charge in [-0.15, -0.1) is 0 Å². The lowest BCUT2D eigenvalue weighted by Gasteiger charge is -2.34. The van der Waals surface area contributed by atoms with E-state index in [1.54, 1.807) is 7.11 Å². The molecule has 0 unspecified atom stereocenters. The molecule has 1 saturated heterocycles. The first-order valence-electron chi connectivity index (χ1n) is 7.27. The summed E-state index contributed by atoms with van der Waals surface area (Å²) in [6.07, 6.45) is 6.84. The molecule has 2 rings (SSSR count). The van der Waals surface area contributed by atoms with Crippen molar-refractivity contribution in [2.45, 2.75) is 63.6 Å². The van der Waals surface area contributed by atoms with Crippen LogP contribution in [0.3, 0.4) is 0 Å². The molecular formula is C14H26N2O2. The summed E-state index contributed by atoms with van der Waals surface area (Å²) in [5, 5.41) is 6.51. The normalized spacial score (nSPS) is 37.2. The molecule has 0 aromatic rings. The molecular weight excluding hydrogens is 228 g/mol. The molecule has 1 amide bonds. The number of piperidine rings is 1. The quantitative estimate of drug-likeness (QED) is 0.801. The van der Waals surface area contributed by atoms with E-state index in [1.165, 1.54) is 6.42 Å². The van der Waals surface area contributed by atoms with E-state index in [0.29, 0.717) is 18.1 Å². The molecule has 4 nitrogen and oxygen atoms in total. The molecule has 1 aliphatic carbocycles. The van der Waals surface area contributed by atoms with Crippen LogP contribution < -0.4 is 10.6 Å². The maximum Gasteiger partial charge on any atom is 0.237 e. The number of rotatable bonds is 3. The smallest absolute Gasteiger partial charge is 0.237 e. The Kier molecular flexibility index (Phi) is 5.01. The van der Waals surface area contributed by atoms with Gasteiger partial charge in [-0.3, -0.25) is 4.79 Å². The van der Waals surface area contributed by atoms with Crippen molar-refractivity contribution in [1.29, 1.82) is 0 Å². The third-order valence-corrected chi connectivity index (χ3v) is 4.37. The SMILES string of the molecule is CO[C@@H]1CC[C@H](NC(=O)[C@@H]2CCCCN2)C[C@H]1C. The lowest BCUT2D eigenvalue weighted by atomic mass is 9.84. The molecule has 0 bridgehead atoms. The number of amides is 1. The van der Waals surface area contributed by atoms with Crippen molar-refractivity contribution in [3.05, 3.63) is 0 Å². The predicted molar refractivity (Wildman–Crippen MR) is 71.4 cm³/mol. The van der Waals surface area contributed by atoms with E-state index >= 15 is 0 Å². The molecule has 18 heavy (non-hydrogen) atoms. The molecule has 2 aliphatic rings. The minimum Gasteiger partial charge on any atom is -0.381 e. The van der Waals surface area contributed by atoms with Gasteiger partial charge in [-0.1, -0.05) is 13.3 Å². The van der Waals surface area contributed by atoms with Gasteiger partial charge in [0.25, 0.3) is 0 Å². The highest BCUT2D eigenvalue weighted by Crippen LogP contribution is 2.26. The van der Waals surface area contributed by atoms with Crippen LogP contribution in [0.4, 0.5) is 0 Å². The molecule has 4 heteroatoms. The van der Waals surface area contributed by atoms with Crippen molar-refractivity contribution in [2.75, 3.05) is 13.7 Å². The van der Waals surface area contributed by atoms with Gasteiger partial charge < -0.3 is 15.4 Å². The minimum atomic E-state index is 0.0363. The molecule has 0 aromatic heterocycles. The van der Waals surface area contributed by atoms with Crippen molar-refractivity contribution in [3.8, 4) is 0 Å². The molecule has 2 fully saturated rings. The van der Waals surface area contributed by atoms with Crippen molar-refractivity contribution in [3.63, 3.8) is 0 Å². The number of hydrogen-bond donors (Lipinski definition) is 2. The largest absolute Gasteiger partial charge is 0.381 e. The molecule has 104 valence electrons. The van der Waals surface area contributed by atoms with Gasteiger partial charge in [-0.25, -0.2) is 0 Å². The average molecular weight is 254 g/mol. The lowest BCUT2D eigenvalue weighted by molar-refractivity contribution is -0.125. The second kappa shape index (κ2) is 6.53. The van der Waals surface area contributed by atoms with Gasteiger partial charge in [0.2, 0.25) is 5.91 Å². The molecule has 1 heterocycles. The van der Waals surface area contributed by atoms with E-state index in [0.717, 1.165) is 38.6 Å². The van der Waals surface area contributed by atoms with Gasteiger partial charge in [0.05, 0.1) is 12.1 Å². The van der Waals surface area contributed by atoms with Crippen LogP contribution in [0.1, 0.15) is 45.4 Å². The average Bonchev–Trinajstić information content (AvgIpc) is 2.40. The van der Waals surface area contributed by atoms with Crippen LogP contribution in [-0.2, 0) is 9.53 Å². The first-order valence-corrected chi connectivity index (χ1v) is 7.27. The van der Waals surface area contributed by atoms with Crippen LogP contribution in [0, 0.1) is 5.92 Å². The summed E-state index contributed by atoms with van der Waals surface area (Å²) >= 11 is 0. The second-order valence-electron chi connectivity index (χ2n) is 5.77. The molecule has 0 spiro atoms. The Labute approximate surface area is 110 Å². The maximum absolute atomic E-state index is 12.1. The van der Waals surface area contributed by atoms with Crippen LogP contribution in [-0.4, -0.2) is 37.7 Å². The minimum absolute atomic E-state index is 0.0363. The zero-order valence-electron chi connectivity index (χ0n) is 11.6. The van der Waals surface area contributed by atoms with E-state index < -0.39 is 0 Å². The van der Waals surface area contributed by atoms with Crippen LogP contribution in [0.25, 0.3) is 0 Å². The number of hydrogen-bond acceptors (Lipinski definition) is 3. The van der Waals surface area contributed by atoms with Gasteiger partial charge in [0, 0.05) is 13.2 Å². The Morgan fingerprint density at radius 3 is 2.72 bits per heavy atom. The topological polar surface area (TPSA) is 50.4 Å². The van der Waals surface area contributed by atoms with E-state index in [1.807, 2.05) is 0 Å². The van der Waals surface area contributed by atoms with E-state index in [-0.39, 0.29) is 11.9 Å². The predicted octanol–water partition coefficient (Wildman–Crippen LogP) is 1.45. The molecule has 0 aromatic carbocycles. The fourth-order valence-corrected chi connectivity index (χ4v) is 3.23. The van der Waals surface area contributed by atoms with Gasteiger partial charge in [0.15, 0.2) is 0 Å². The van der Waals surface area contributed by atoms with Crippen molar-refractivity contribution in [2.24, 2.45) is 5.92 Å². The number of nitrogens with one attached hydrogen (secondary N) is 2. The van der Waals surface area contributed by atoms with Crippen LogP contribution in [0.15, 0.2) is 0 Å². The van der Waals surface area contributed by atoms with Crippen LogP contribution >= 0.6 is 0 Å². The number of carbonyl (C=O) groups excluding carboxylic acids is 1. The Bertz CT molecular complexity index is 277. The fourth-order valence-electron chi connectivity index (χ4n) is 3.23.